The zero-order valence-electron chi connectivity index (χ0n) is 8.82. The molecule has 0 fully saturated rings. The lowest BCUT2D eigenvalue weighted by molar-refractivity contribution is 0.568. The molecule has 1 aromatic carbocycles. The molecule has 0 aromatic heterocycles. The number of fused-ring (bicyclic) bond motifs is 1. The largest absolute Gasteiger partial charge is 0.207 e. The Labute approximate surface area is 88.6 Å². The molecule has 80 valence electrons. The molecule has 0 heterocycles. The maximum absolute atomic E-state index is 13.4. The van der Waals surface area contributed by atoms with Gasteiger partial charge in [0.1, 0.15) is 11.6 Å². The van der Waals surface area contributed by atoms with Crippen LogP contribution in [0.25, 0.3) is 6.08 Å². The minimum absolute atomic E-state index is 0.406. The van der Waals surface area contributed by atoms with Crippen molar-refractivity contribution in [2.24, 2.45) is 0 Å². The van der Waals surface area contributed by atoms with Gasteiger partial charge < -0.3 is 0 Å². The van der Waals surface area contributed by atoms with Crippen LogP contribution in [0.5, 0.6) is 0 Å². The molecule has 0 aliphatic heterocycles. The van der Waals surface area contributed by atoms with E-state index >= 15 is 0 Å². The summed E-state index contributed by atoms with van der Waals surface area (Å²) in [5, 5.41) is 0. The molecule has 0 radical (unpaired) electrons. The number of benzene rings is 1. The number of halogens is 2. The van der Waals surface area contributed by atoms with E-state index in [9.17, 15) is 8.78 Å². The van der Waals surface area contributed by atoms with E-state index in [0.717, 1.165) is 30.9 Å². The predicted octanol–water partition coefficient (Wildman–Crippen LogP) is 4.09. The van der Waals surface area contributed by atoms with Crippen LogP contribution in [0.1, 0.15) is 37.3 Å². The standard InChI is InChI=1S/C13H14F2/c1-2-3-9-4-5-12-10(6-9)7-11(14)8-13(12)15/h6-8H,2-5H2,1H3. The van der Waals surface area contributed by atoms with Crippen LogP contribution in [0.3, 0.4) is 0 Å². The van der Waals surface area contributed by atoms with E-state index in [4.69, 9.17) is 0 Å². The summed E-state index contributed by atoms with van der Waals surface area (Å²) in [5.74, 6) is -0.892. The summed E-state index contributed by atoms with van der Waals surface area (Å²) in [4.78, 5) is 0. The molecule has 1 aliphatic carbocycles. The summed E-state index contributed by atoms with van der Waals surface area (Å²) in [6, 6.07) is 2.39. The van der Waals surface area contributed by atoms with Gasteiger partial charge in [0, 0.05) is 6.07 Å². The molecule has 0 amide bonds. The fraction of sp³-hybridized carbons (Fsp3) is 0.385. The molecule has 0 bridgehead atoms. The molecule has 1 aromatic rings. The Balaban J connectivity index is 2.41. The van der Waals surface area contributed by atoms with Crippen LogP contribution in [-0.4, -0.2) is 0 Å². The molecule has 15 heavy (non-hydrogen) atoms. The average Bonchev–Trinajstić information content (AvgIpc) is 2.17. The van der Waals surface area contributed by atoms with Gasteiger partial charge in [-0.25, -0.2) is 8.78 Å². The van der Waals surface area contributed by atoms with Crippen LogP contribution >= 0.6 is 0 Å². The van der Waals surface area contributed by atoms with Gasteiger partial charge in [0.05, 0.1) is 0 Å². The van der Waals surface area contributed by atoms with Crippen LogP contribution in [0, 0.1) is 11.6 Å². The third-order valence-corrected chi connectivity index (χ3v) is 2.82. The first-order valence-electron chi connectivity index (χ1n) is 5.38. The Hall–Kier alpha value is -1.18. The summed E-state index contributed by atoms with van der Waals surface area (Å²) in [6.07, 6.45) is 5.65. The van der Waals surface area contributed by atoms with Gasteiger partial charge in [-0.2, -0.15) is 0 Å². The lowest BCUT2D eigenvalue weighted by Gasteiger charge is -2.16. The summed E-state index contributed by atoms with van der Waals surface area (Å²) in [7, 11) is 0. The monoisotopic (exact) mass is 208 g/mol. The molecular weight excluding hydrogens is 194 g/mol. The van der Waals surface area contributed by atoms with E-state index in [1.807, 2.05) is 6.08 Å². The second-order valence-corrected chi connectivity index (χ2v) is 4.01. The van der Waals surface area contributed by atoms with E-state index in [-0.39, 0.29) is 0 Å². The Morgan fingerprint density at radius 1 is 1.20 bits per heavy atom. The van der Waals surface area contributed by atoms with Crippen LogP contribution in [-0.2, 0) is 6.42 Å². The first-order valence-corrected chi connectivity index (χ1v) is 5.38. The summed E-state index contributed by atoms with van der Waals surface area (Å²) < 4.78 is 26.4. The van der Waals surface area contributed by atoms with Crippen molar-refractivity contribution < 1.29 is 8.78 Å². The molecule has 1 aliphatic rings. The fourth-order valence-electron chi connectivity index (χ4n) is 2.11. The predicted molar refractivity (Wildman–Crippen MR) is 57.6 cm³/mol. The second-order valence-electron chi connectivity index (χ2n) is 4.01. The van der Waals surface area contributed by atoms with Crippen LogP contribution in [0.2, 0.25) is 0 Å². The lowest BCUT2D eigenvalue weighted by Crippen LogP contribution is -2.03. The highest BCUT2D eigenvalue weighted by molar-refractivity contribution is 5.59. The number of rotatable bonds is 2. The lowest BCUT2D eigenvalue weighted by atomic mass is 9.90. The van der Waals surface area contributed by atoms with Crippen LogP contribution in [0.4, 0.5) is 8.78 Å². The molecule has 2 rings (SSSR count). The van der Waals surface area contributed by atoms with Crippen LogP contribution < -0.4 is 0 Å². The summed E-state index contributed by atoms with van der Waals surface area (Å²) in [5.41, 5.74) is 2.69. The Bertz CT molecular complexity index is 405. The highest BCUT2D eigenvalue weighted by Crippen LogP contribution is 2.28. The van der Waals surface area contributed by atoms with Crippen molar-refractivity contribution in [2.75, 3.05) is 0 Å². The summed E-state index contributed by atoms with van der Waals surface area (Å²) >= 11 is 0. The molecular formula is C13H14F2. The molecule has 2 heteroatoms. The average molecular weight is 208 g/mol. The van der Waals surface area contributed by atoms with Crippen molar-refractivity contribution in [3.63, 3.8) is 0 Å². The van der Waals surface area contributed by atoms with Gasteiger partial charge in [0.25, 0.3) is 0 Å². The van der Waals surface area contributed by atoms with Crippen molar-refractivity contribution in [2.45, 2.75) is 32.6 Å². The van der Waals surface area contributed by atoms with Gasteiger partial charge in [-0.1, -0.05) is 25.0 Å². The quantitative estimate of drug-likeness (QED) is 0.686. The number of allylic oxidation sites excluding steroid dienone is 1. The first kappa shape index (κ1) is 10.3. The van der Waals surface area contributed by atoms with Crippen molar-refractivity contribution in [1.82, 2.24) is 0 Å². The first-order chi connectivity index (χ1) is 7.20. The number of hydrogen-bond donors (Lipinski definition) is 0. The second kappa shape index (κ2) is 4.13. The smallest absolute Gasteiger partial charge is 0.129 e. The van der Waals surface area contributed by atoms with E-state index in [1.165, 1.54) is 11.6 Å². The zero-order valence-corrected chi connectivity index (χ0v) is 8.82. The third-order valence-electron chi connectivity index (χ3n) is 2.82. The number of hydrogen-bond acceptors (Lipinski definition) is 0. The minimum atomic E-state index is -0.486. The molecule has 0 saturated carbocycles. The van der Waals surface area contributed by atoms with Gasteiger partial charge >= 0.3 is 0 Å². The van der Waals surface area contributed by atoms with Crippen molar-refractivity contribution in [1.29, 1.82) is 0 Å². The molecule has 0 N–H and O–H groups in total. The molecule has 0 atom stereocenters. The fourth-order valence-corrected chi connectivity index (χ4v) is 2.11. The molecule has 0 saturated heterocycles. The molecule has 0 unspecified atom stereocenters. The minimum Gasteiger partial charge on any atom is -0.207 e. The Morgan fingerprint density at radius 2 is 2.00 bits per heavy atom. The van der Waals surface area contributed by atoms with Crippen molar-refractivity contribution in [3.05, 3.63) is 40.5 Å². The third kappa shape index (κ3) is 2.09. The van der Waals surface area contributed by atoms with Crippen molar-refractivity contribution >= 4 is 6.08 Å². The van der Waals surface area contributed by atoms with E-state index in [1.54, 1.807) is 0 Å². The van der Waals surface area contributed by atoms with Gasteiger partial charge in [-0.3, -0.25) is 0 Å². The van der Waals surface area contributed by atoms with Crippen LogP contribution in [0.15, 0.2) is 17.7 Å². The van der Waals surface area contributed by atoms with Crippen molar-refractivity contribution in [3.8, 4) is 0 Å². The topological polar surface area (TPSA) is 0 Å². The maximum atomic E-state index is 13.4. The van der Waals surface area contributed by atoms with Gasteiger partial charge in [0.15, 0.2) is 0 Å². The van der Waals surface area contributed by atoms with E-state index in [0.29, 0.717) is 12.0 Å². The molecule has 0 nitrogen and oxygen atoms in total. The highest BCUT2D eigenvalue weighted by Gasteiger charge is 2.15. The van der Waals surface area contributed by atoms with Gasteiger partial charge in [-0.15, -0.1) is 0 Å². The molecule has 0 spiro atoms. The van der Waals surface area contributed by atoms with E-state index in [2.05, 4.69) is 6.92 Å². The van der Waals surface area contributed by atoms with Gasteiger partial charge in [-0.05, 0) is 36.5 Å². The summed E-state index contributed by atoms with van der Waals surface area (Å²) in [6.45, 7) is 2.11. The maximum Gasteiger partial charge on any atom is 0.129 e. The normalized spacial score (nSPS) is 14.7. The highest BCUT2D eigenvalue weighted by atomic mass is 19.1. The Kier molecular flexibility index (Phi) is 2.85. The van der Waals surface area contributed by atoms with Gasteiger partial charge in [0.2, 0.25) is 0 Å². The SMILES string of the molecule is CCCC1=Cc2cc(F)cc(F)c2CC1. The zero-order chi connectivity index (χ0) is 10.8. The van der Waals surface area contributed by atoms with E-state index < -0.39 is 11.6 Å². The Morgan fingerprint density at radius 3 is 2.73 bits per heavy atom.